The molecular weight excluding hydrogens is 454 g/mol. The van der Waals surface area contributed by atoms with Gasteiger partial charge < -0.3 is 10.6 Å². The summed E-state index contributed by atoms with van der Waals surface area (Å²) < 4.78 is 27.8. The van der Waals surface area contributed by atoms with Gasteiger partial charge in [0.1, 0.15) is 0 Å². The fraction of sp³-hybridized carbons (Fsp3) is 0. The van der Waals surface area contributed by atoms with Crippen LogP contribution in [-0.2, 0) is 10.0 Å². The van der Waals surface area contributed by atoms with Gasteiger partial charge in [-0.3, -0.25) is 9.71 Å². The largest absolute Gasteiger partial charge is 0.332 e. The molecule has 7 nitrogen and oxygen atoms in total. The van der Waals surface area contributed by atoms with Gasteiger partial charge in [-0.15, -0.1) is 0 Å². The van der Waals surface area contributed by atoms with Crippen molar-refractivity contribution in [2.75, 3.05) is 15.4 Å². The van der Waals surface area contributed by atoms with Crippen LogP contribution in [0.1, 0.15) is 0 Å². The maximum Gasteiger partial charge on any atom is 0.263 e. The lowest BCUT2D eigenvalue weighted by molar-refractivity contribution is 0.601. The molecule has 4 aromatic rings. The Bertz CT molecular complexity index is 1360. The van der Waals surface area contributed by atoms with E-state index in [0.29, 0.717) is 32.5 Å². The van der Waals surface area contributed by atoms with E-state index in [-0.39, 0.29) is 10.7 Å². The average Bonchev–Trinajstić information content (AvgIpc) is 2.75. The van der Waals surface area contributed by atoms with Crippen molar-refractivity contribution in [3.8, 4) is 0 Å². The van der Waals surface area contributed by atoms with Crippen LogP contribution in [0.15, 0.2) is 83.9 Å². The number of benzene rings is 3. The van der Waals surface area contributed by atoms with E-state index >= 15 is 0 Å². The van der Waals surface area contributed by atoms with Crippen molar-refractivity contribution in [1.29, 1.82) is 0 Å². The van der Waals surface area contributed by atoms with E-state index in [1.807, 2.05) is 24.3 Å². The van der Waals surface area contributed by atoms with Crippen LogP contribution in [-0.4, -0.2) is 23.5 Å². The Labute approximate surface area is 189 Å². The molecule has 4 rings (SSSR count). The lowest BCUT2D eigenvalue weighted by atomic mass is 10.3. The first-order valence-electron chi connectivity index (χ1n) is 9.08. The normalized spacial score (nSPS) is 11.1. The first-order chi connectivity index (χ1) is 14.9. The number of fused-ring (bicyclic) bond motifs is 1. The summed E-state index contributed by atoms with van der Waals surface area (Å²) in [6.45, 7) is 0. The summed E-state index contributed by atoms with van der Waals surface area (Å²) >= 11 is 11.4. The Morgan fingerprint density at radius 2 is 1.55 bits per heavy atom. The molecule has 3 aromatic carbocycles. The number of nitrogens with one attached hydrogen (secondary N) is 3. The van der Waals surface area contributed by atoms with Gasteiger partial charge in [0.2, 0.25) is 0 Å². The Kier molecular flexibility index (Phi) is 5.99. The minimum Gasteiger partial charge on any atom is -0.332 e. The highest BCUT2D eigenvalue weighted by atomic mass is 35.5. The van der Waals surface area contributed by atoms with Crippen molar-refractivity contribution in [3.63, 3.8) is 0 Å². The van der Waals surface area contributed by atoms with Crippen LogP contribution in [0.5, 0.6) is 0 Å². The highest BCUT2D eigenvalue weighted by Gasteiger charge is 2.15. The van der Waals surface area contributed by atoms with Crippen molar-refractivity contribution in [1.82, 2.24) is 9.97 Å². The van der Waals surface area contributed by atoms with Crippen LogP contribution in [0.25, 0.3) is 11.0 Å². The minimum atomic E-state index is -3.83. The number of thiocarbonyl (C=S) groups is 1. The molecule has 0 saturated heterocycles. The lowest BCUT2D eigenvalue weighted by Gasteiger charge is -2.12. The van der Waals surface area contributed by atoms with Crippen LogP contribution in [0.4, 0.5) is 17.2 Å². The van der Waals surface area contributed by atoms with E-state index in [4.69, 9.17) is 23.8 Å². The highest BCUT2D eigenvalue weighted by Crippen LogP contribution is 2.22. The molecule has 156 valence electrons. The standard InChI is InChI=1S/C21H16ClN5O2S2/c22-16-5-1-2-6-17(16)26-21(30)24-14-9-11-15(12-10-14)31(28,29)27-20-13-23-18-7-3-4-8-19(18)25-20/h1-13H,(H,25,27)(H2,24,26,30). The molecule has 0 bridgehead atoms. The zero-order valence-corrected chi connectivity index (χ0v) is 18.3. The summed E-state index contributed by atoms with van der Waals surface area (Å²) in [5.41, 5.74) is 2.57. The van der Waals surface area contributed by atoms with Crippen LogP contribution in [0, 0.1) is 0 Å². The van der Waals surface area contributed by atoms with Gasteiger partial charge in [0.05, 0.1) is 32.8 Å². The maximum atomic E-state index is 12.7. The summed E-state index contributed by atoms with van der Waals surface area (Å²) in [5, 5.41) is 6.85. The van der Waals surface area contributed by atoms with Crippen molar-refractivity contribution < 1.29 is 8.42 Å². The zero-order valence-electron chi connectivity index (χ0n) is 15.9. The molecule has 0 fully saturated rings. The fourth-order valence-corrected chi connectivity index (χ4v) is 4.16. The lowest BCUT2D eigenvalue weighted by Crippen LogP contribution is -2.19. The quantitative estimate of drug-likeness (QED) is 0.358. The average molecular weight is 470 g/mol. The number of sulfonamides is 1. The molecule has 0 aliphatic rings. The molecule has 1 heterocycles. The summed E-state index contributed by atoms with van der Waals surface area (Å²) in [4.78, 5) is 8.59. The molecular formula is C21H16ClN5O2S2. The number of para-hydroxylation sites is 3. The second kappa shape index (κ2) is 8.84. The number of hydrogen-bond donors (Lipinski definition) is 3. The fourth-order valence-electron chi connectivity index (χ4n) is 2.77. The van der Waals surface area contributed by atoms with Gasteiger partial charge in [-0.2, -0.15) is 0 Å². The second-order valence-electron chi connectivity index (χ2n) is 6.43. The Hall–Kier alpha value is -3.27. The molecule has 31 heavy (non-hydrogen) atoms. The van der Waals surface area contributed by atoms with Crippen LogP contribution < -0.4 is 15.4 Å². The zero-order chi connectivity index (χ0) is 21.8. The summed E-state index contributed by atoms with van der Waals surface area (Å²) in [5.74, 6) is 0.144. The molecule has 0 amide bonds. The molecule has 10 heteroatoms. The topological polar surface area (TPSA) is 96.0 Å². The summed E-state index contributed by atoms with van der Waals surface area (Å²) in [7, 11) is -3.83. The Balaban J connectivity index is 1.44. The van der Waals surface area contributed by atoms with Crippen molar-refractivity contribution in [2.24, 2.45) is 0 Å². The third kappa shape index (κ3) is 5.08. The number of rotatable bonds is 5. The van der Waals surface area contributed by atoms with E-state index in [1.54, 1.807) is 36.4 Å². The van der Waals surface area contributed by atoms with Gasteiger partial charge in [-0.05, 0) is 60.7 Å². The highest BCUT2D eigenvalue weighted by molar-refractivity contribution is 7.92. The number of aromatic nitrogens is 2. The van der Waals surface area contributed by atoms with Gasteiger partial charge >= 0.3 is 0 Å². The summed E-state index contributed by atoms with van der Waals surface area (Å²) in [6, 6.07) is 20.6. The van der Waals surface area contributed by atoms with Gasteiger partial charge in [0.25, 0.3) is 10.0 Å². The van der Waals surface area contributed by atoms with E-state index in [0.717, 1.165) is 0 Å². The van der Waals surface area contributed by atoms with Gasteiger partial charge in [-0.25, -0.2) is 13.4 Å². The molecule has 1 aromatic heterocycles. The van der Waals surface area contributed by atoms with E-state index in [9.17, 15) is 8.42 Å². The Morgan fingerprint density at radius 1 is 0.871 bits per heavy atom. The van der Waals surface area contributed by atoms with Crippen molar-refractivity contribution >= 4 is 67.2 Å². The van der Waals surface area contributed by atoms with Crippen LogP contribution >= 0.6 is 23.8 Å². The van der Waals surface area contributed by atoms with E-state index in [2.05, 4.69) is 25.3 Å². The number of nitrogens with zero attached hydrogens (tertiary/aromatic N) is 2. The SMILES string of the molecule is O=S(=O)(Nc1cnc2ccccc2n1)c1ccc(NC(=S)Nc2ccccc2Cl)cc1. The third-order valence-electron chi connectivity index (χ3n) is 4.23. The second-order valence-corrected chi connectivity index (χ2v) is 8.93. The first kappa shape index (κ1) is 21.0. The van der Waals surface area contributed by atoms with Crippen LogP contribution in [0.2, 0.25) is 5.02 Å². The van der Waals surface area contributed by atoms with Crippen molar-refractivity contribution in [2.45, 2.75) is 4.90 Å². The van der Waals surface area contributed by atoms with Gasteiger partial charge in [-0.1, -0.05) is 35.9 Å². The molecule has 0 spiro atoms. The molecule has 3 N–H and O–H groups in total. The molecule has 0 radical (unpaired) electrons. The summed E-state index contributed by atoms with van der Waals surface area (Å²) in [6.07, 6.45) is 1.38. The third-order valence-corrected chi connectivity index (χ3v) is 6.14. The van der Waals surface area contributed by atoms with Crippen LogP contribution in [0.3, 0.4) is 0 Å². The smallest absolute Gasteiger partial charge is 0.263 e. The minimum absolute atomic E-state index is 0.0815. The number of hydrogen-bond acceptors (Lipinski definition) is 5. The molecule has 0 aliphatic carbocycles. The van der Waals surface area contributed by atoms with E-state index < -0.39 is 10.0 Å². The Morgan fingerprint density at radius 3 is 2.29 bits per heavy atom. The predicted molar refractivity (Wildman–Crippen MR) is 128 cm³/mol. The van der Waals surface area contributed by atoms with Crippen molar-refractivity contribution in [3.05, 3.63) is 84.0 Å². The predicted octanol–water partition coefficient (Wildman–Crippen LogP) is 4.89. The first-order valence-corrected chi connectivity index (χ1v) is 11.3. The number of halogens is 1. The molecule has 0 saturated carbocycles. The molecule has 0 aliphatic heterocycles. The van der Waals surface area contributed by atoms with Gasteiger partial charge in [0, 0.05) is 5.69 Å². The molecule has 0 unspecified atom stereocenters. The monoisotopic (exact) mass is 469 g/mol. The number of anilines is 3. The molecule has 0 atom stereocenters. The maximum absolute atomic E-state index is 12.7. The van der Waals surface area contributed by atoms with E-state index in [1.165, 1.54) is 18.3 Å². The van der Waals surface area contributed by atoms with Gasteiger partial charge in [0.15, 0.2) is 10.9 Å².